The summed E-state index contributed by atoms with van der Waals surface area (Å²) in [4.78, 5) is 31.5. The molecule has 1 fully saturated rings. The lowest BCUT2D eigenvalue weighted by atomic mass is 9.87. The molecule has 9 nitrogen and oxygen atoms in total. The predicted molar refractivity (Wildman–Crippen MR) is 131 cm³/mol. The van der Waals surface area contributed by atoms with E-state index in [1.807, 2.05) is 42.2 Å². The van der Waals surface area contributed by atoms with Crippen molar-refractivity contribution in [3.63, 3.8) is 0 Å². The molecule has 2 aromatic carbocycles. The van der Waals surface area contributed by atoms with E-state index in [0.717, 1.165) is 17.5 Å². The van der Waals surface area contributed by atoms with Gasteiger partial charge in [0.2, 0.25) is 11.8 Å². The molecular formula is C27H30N4O5. The van der Waals surface area contributed by atoms with Crippen LogP contribution in [0, 0.1) is 0 Å². The summed E-state index contributed by atoms with van der Waals surface area (Å²) in [6.07, 6.45) is 2.59. The average Bonchev–Trinajstić information content (AvgIpc) is 3.41. The van der Waals surface area contributed by atoms with E-state index < -0.39 is 0 Å². The minimum absolute atomic E-state index is 0.0806. The molecule has 0 saturated carbocycles. The number of aromatic nitrogens is 1. The Bertz CT molecular complexity index is 1210. The summed E-state index contributed by atoms with van der Waals surface area (Å²) in [6.45, 7) is 5.07. The molecule has 1 N–H and O–H groups in total. The molecule has 0 radical (unpaired) electrons. The number of rotatable bonds is 7. The second kappa shape index (κ2) is 10.9. The molecule has 1 atom stereocenters. The van der Waals surface area contributed by atoms with Gasteiger partial charge >= 0.3 is 0 Å². The van der Waals surface area contributed by atoms with Crippen molar-refractivity contribution in [2.75, 3.05) is 32.8 Å². The third kappa shape index (κ3) is 5.27. The van der Waals surface area contributed by atoms with Crippen LogP contribution >= 0.6 is 0 Å². The molecule has 0 aliphatic carbocycles. The van der Waals surface area contributed by atoms with Crippen molar-refractivity contribution in [3.05, 3.63) is 83.1 Å². The van der Waals surface area contributed by atoms with Crippen LogP contribution in [0.3, 0.4) is 0 Å². The first-order valence-electron chi connectivity index (χ1n) is 12.3. The van der Waals surface area contributed by atoms with Crippen LogP contribution in [0.4, 0.5) is 0 Å². The van der Waals surface area contributed by atoms with E-state index in [1.165, 1.54) is 11.8 Å². The van der Waals surface area contributed by atoms with Crippen LogP contribution in [0.5, 0.6) is 5.75 Å². The number of nitrogens with zero attached hydrogens (tertiary/aromatic N) is 3. The number of oxazole rings is 1. The maximum atomic E-state index is 12.8. The molecule has 1 unspecified atom stereocenters. The molecule has 2 amide bonds. The molecule has 1 aromatic heterocycles. The molecule has 0 spiro atoms. The molecule has 9 heteroatoms. The monoisotopic (exact) mass is 490 g/mol. The highest BCUT2D eigenvalue weighted by Crippen LogP contribution is 2.37. The van der Waals surface area contributed by atoms with Crippen molar-refractivity contribution >= 4 is 11.8 Å². The highest BCUT2D eigenvalue weighted by molar-refractivity contribution is 5.91. The molecule has 2 aliphatic rings. The third-order valence-electron chi connectivity index (χ3n) is 6.50. The Hall–Kier alpha value is -3.69. The second-order valence-electron chi connectivity index (χ2n) is 8.82. The molecule has 188 valence electrons. The van der Waals surface area contributed by atoms with Crippen LogP contribution < -0.4 is 10.2 Å². The Morgan fingerprint density at radius 2 is 1.92 bits per heavy atom. The summed E-state index contributed by atoms with van der Waals surface area (Å²) in [6, 6.07) is 15.9. The number of nitrogens with one attached hydrogen (secondary N) is 1. The van der Waals surface area contributed by atoms with Gasteiger partial charge in [-0.3, -0.25) is 15.0 Å². The van der Waals surface area contributed by atoms with Gasteiger partial charge in [-0.1, -0.05) is 43.3 Å². The molecule has 5 rings (SSSR count). The third-order valence-corrected chi connectivity index (χ3v) is 6.50. The lowest BCUT2D eigenvalue weighted by Gasteiger charge is -2.38. The van der Waals surface area contributed by atoms with Crippen molar-refractivity contribution in [3.8, 4) is 5.75 Å². The van der Waals surface area contributed by atoms with Gasteiger partial charge in [0.25, 0.3) is 5.91 Å². The topological polar surface area (TPSA) is 97.1 Å². The SMILES string of the molecule is CCC(=O)N1CCc2ccc(OCc3nc(C(=O)NN4CCOCC4)co3)cc2C1c1ccccc1. The van der Waals surface area contributed by atoms with Crippen molar-refractivity contribution in [2.24, 2.45) is 0 Å². The minimum atomic E-state index is -0.327. The van der Waals surface area contributed by atoms with E-state index in [9.17, 15) is 9.59 Å². The molecule has 3 aromatic rings. The quantitative estimate of drug-likeness (QED) is 0.544. The first-order chi connectivity index (χ1) is 17.6. The maximum Gasteiger partial charge on any atom is 0.287 e. The number of hydrogen-bond donors (Lipinski definition) is 1. The zero-order valence-corrected chi connectivity index (χ0v) is 20.3. The molecule has 36 heavy (non-hydrogen) atoms. The van der Waals surface area contributed by atoms with Gasteiger partial charge < -0.3 is 18.8 Å². The largest absolute Gasteiger partial charge is 0.484 e. The van der Waals surface area contributed by atoms with Gasteiger partial charge in [0.05, 0.1) is 19.3 Å². The standard InChI is InChI=1S/C27H30N4O5/c1-2-25(32)31-11-10-19-8-9-21(16-22(19)26(31)20-6-4-3-5-7-20)35-18-24-28-23(17-36-24)27(33)29-30-12-14-34-15-13-30/h3-9,16-17,26H,2,10-15,18H2,1H3,(H,29,33). The summed E-state index contributed by atoms with van der Waals surface area (Å²) in [5.41, 5.74) is 6.34. The van der Waals surface area contributed by atoms with Gasteiger partial charge in [0.15, 0.2) is 12.3 Å². The number of hydrazine groups is 1. The summed E-state index contributed by atoms with van der Waals surface area (Å²) < 4.78 is 16.8. The fraction of sp³-hybridized carbons (Fsp3) is 0.370. The second-order valence-corrected chi connectivity index (χ2v) is 8.82. The Morgan fingerprint density at radius 1 is 1.11 bits per heavy atom. The van der Waals surface area contributed by atoms with Crippen LogP contribution in [0.2, 0.25) is 0 Å². The van der Waals surface area contributed by atoms with Crippen molar-refractivity contribution < 1.29 is 23.5 Å². The number of fused-ring (bicyclic) bond motifs is 1. The van der Waals surface area contributed by atoms with E-state index in [1.54, 1.807) is 5.01 Å². The number of benzene rings is 2. The van der Waals surface area contributed by atoms with Crippen LogP contribution in [0.25, 0.3) is 0 Å². The Labute approximate surface area is 210 Å². The van der Waals surface area contributed by atoms with E-state index in [2.05, 4.69) is 28.6 Å². The summed E-state index contributed by atoms with van der Waals surface area (Å²) in [7, 11) is 0. The van der Waals surface area contributed by atoms with Crippen molar-refractivity contribution in [1.82, 2.24) is 20.3 Å². The molecular weight excluding hydrogens is 460 g/mol. The molecule has 1 saturated heterocycles. The Kier molecular flexibility index (Phi) is 7.29. The normalized spacial score (nSPS) is 17.9. The van der Waals surface area contributed by atoms with Gasteiger partial charge in [0, 0.05) is 26.1 Å². The van der Waals surface area contributed by atoms with Crippen LogP contribution in [0.1, 0.15) is 52.5 Å². The van der Waals surface area contributed by atoms with Crippen LogP contribution in [-0.4, -0.2) is 59.6 Å². The van der Waals surface area contributed by atoms with Crippen molar-refractivity contribution in [1.29, 1.82) is 0 Å². The minimum Gasteiger partial charge on any atom is -0.484 e. The molecule has 3 heterocycles. The zero-order valence-electron chi connectivity index (χ0n) is 20.3. The number of ether oxygens (including phenoxy) is 2. The number of morpholine rings is 1. The van der Waals surface area contributed by atoms with Gasteiger partial charge in [-0.15, -0.1) is 0 Å². The van der Waals surface area contributed by atoms with Gasteiger partial charge in [-0.2, -0.15) is 0 Å². The smallest absolute Gasteiger partial charge is 0.287 e. The summed E-state index contributed by atoms with van der Waals surface area (Å²) in [5.74, 6) is 0.760. The fourth-order valence-electron chi connectivity index (χ4n) is 4.65. The summed E-state index contributed by atoms with van der Waals surface area (Å²) >= 11 is 0. The summed E-state index contributed by atoms with van der Waals surface area (Å²) in [5, 5.41) is 1.81. The zero-order chi connectivity index (χ0) is 24.9. The van der Waals surface area contributed by atoms with Gasteiger partial charge in [-0.05, 0) is 35.2 Å². The Balaban J connectivity index is 1.30. The lowest BCUT2D eigenvalue weighted by Crippen LogP contribution is -2.48. The maximum absolute atomic E-state index is 12.8. The van der Waals surface area contributed by atoms with E-state index in [-0.39, 0.29) is 30.2 Å². The lowest BCUT2D eigenvalue weighted by molar-refractivity contribution is -0.132. The first kappa shape index (κ1) is 24.0. The number of amides is 2. The fourth-order valence-corrected chi connectivity index (χ4v) is 4.65. The Morgan fingerprint density at radius 3 is 2.69 bits per heavy atom. The highest BCUT2D eigenvalue weighted by Gasteiger charge is 2.31. The van der Waals surface area contributed by atoms with E-state index in [4.69, 9.17) is 13.9 Å². The number of hydrogen-bond acceptors (Lipinski definition) is 7. The molecule has 2 aliphatic heterocycles. The van der Waals surface area contributed by atoms with Crippen molar-refractivity contribution in [2.45, 2.75) is 32.4 Å². The number of carbonyl (C=O) groups is 2. The highest BCUT2D eigenvalue weighted by atomic mass is 16.5. The van der Waals surface area contributed by atoms with E-state index in [0.29, 0.717) is 50.9 Å². The van der Waals surface area contributed by atoms with E-state index >= 15 is 0 Å². The van der Waals surface area contributed by atoms with Gasteiger partial charge in [0.1, 0.15) is 12.0 Å². The van der Waals surface area contributed by atoms with Crippen LogP contribution in [0.15, 0.2) is 59.2 Å². The molecule has 0 bridgehead atoms. The van der Waals surface area contributed by atoms with Gasteiger partial charge in [-0.25, -0.2) is 9.99 Å². The average molecular weight is 491 g/mol. The first-order valence-corrected chi connectivity index (χ1v) is 12.3. The number of carbonyl (C=O) groups excluding carboxylic acids is 2. The predicted octanol–water partition coefficient (Wildman–Crippen LogP) is 3.11. The van der Waals surface area contributed by atoms with Crippen LogP contribution in [-0.2, 0) is 22.6 Å².